The minimum atomic E-state index is -0.321. The number of halogens is 1. The first-order valence-corrected chi connectivity index (χ1v) is 8.41. The van der Waals surface area contributed by atoms with E-state index in [1.165, 1.54) is 0 Å². The van der Waals surface area contributed by atoms with Crippen LogP contribution < -0.4 is 10.9 Å². The van der Waals surface area contributed by atoms with E-state index < -0.39 is 0 Å². The number of aromatic nitrogens is 1. The van der Waals surface area contributed by atoms with Gasteiger partial charge in [0.2, 0.25) is 0 Å². The summed E-state index contributed by atoms with van der Waals surface area (Å²) in [6.07, 6.45) is 1.96. The average Bonchev–Trinajstić information content (AvgIpc) is 2.63. The van der Waals surface area contributed by atoms with Crippen LogP contribution in [-0.2, 0) is 0 Å². The number of rotatable bonds is 4. The van der Waals surface area contributed by atoms with Gasteiger partial charge in [0.25, 0.3) is 11.5 Å². The Kier molecular flexibility index (Phi) is 6.79. The van der Waals surface area contributed by atoms with Crippen LogP contribution in [0.2, 0.25) is 0 Å². The van der Waals surface area contributed by atoms with Crippen LogP contribution in [0, 0.1) is 5.92 Å². The van der Waals surface area contributed by atoms with Crippen molar-refractivity contribution < 1.29 is 4.79 Å². The Hall–Kier alpha value is -2.11. The number of hydrogen-bond acceptors (Lipinski definition) is 3. The van der Waals surface area contributed by atoms with Gasteiger partial charge in [-0.15, -0.1) is 12.4 Å². The summed E-state index contributed by atoms with van der Waals surface area (Å²) in [4.78, 5) is 29.6. The molecular formula is C19H24ClN3O2. The number of amides is 1. The fourth-order valence-electron chi connectivity index (χ4n) is 3.23. The number of nitrogens with one attached hydrogen (secondary N) is 2. The molecule has 0 aliphatic carbocycles. The van der Waals surface area contributed by atoms with Crippen molar-refractivity contribution in [3.05, 3.63) is 58.4 Å². The third-order valence-corrected chi connectivity index (χ3v) is 4.62. The summed E-state index contributed by atoms with van der Waals surface area (Å²) in [5.41, 5.74) is 1.56. The van der Waals surface area contributed by atoms with E-state index in [0.717, 1.165) is 30.6 Å². The molecule has 1 fully saturated rings. The van der Waals surface area contributed by atoms with Gasteiger partial charge >= 0.3 is 0 Å². The zero-order valence-corrected chi connectivity index (χ0v) is 15.1. The largest absolute Gasteiger partial charge is 0.338 e. The molecule has 0 spiro atoms. The molecular weight excluding hydrogens is 338 g/mol. The Morgan fingerprint density at radius 3 is 2.44 bits per heavy atom. The maximum absolute atomic E-state index is 12.6. The Morgan fingerprint density at radius 2 is 1.84 bits per heavy atom. The molecule has 0 bridgehead atoms. The van der Waals surface area contributed by atoms with Gasteiger partial charge in [-0.25, -0.2) is 0 Å². The summed E-state index contributed by atoms with van der Waals surface area (Å²) >= 11 is 0. The third kappa shape index (κ3) is 4.50. The number of aromatic amines is 1. The van der Waals surface area contributed by atoms with Crippen molar-refractivity contribution in [3.8, 4) is 11.3 Å². The molecule has 3 rings (SSSR count). The minimum Gasteiger partial charge on any atom is -0.338 e. The standard InChI is InChI=1S/C19H23N3O2.ClH/c1-20-13-14-9-11-22(12-10-14)19(24)16-7-8-17(21-18(16)23)15-5-3-2-4-6-15;/h2-8,14,20H,9-13H2,1H3,(H,21,23);1H. The van der Waals surface area contributed by atoms with Gasteiger partial charge in [0.05, 0.1) is 0 Å². The number of benzene rings is 1. The number of carbonyl (C=O) groups is 1. The number of piperidine rings is 1. The van der Waals surface area contributed by atoms with E-state index in [-0.39, 0.29) is 29.4 Å². The van der Waals surface area contributed by atoms with Crippen LogP contribution in [0.4, 0.5) is 0 Å². The number of carbonyl (C=O) groups excluding carboxylic acids is 1. The number of nitrogens with zero attached hydrogens (tertiary/aromatic N) is 1. The molecule has 1 saturated heterocycles. The lowest BCUT2D eigenvalue weighted by molar-refractivity contribution is 0.0689. The molecule has 0 atom stereocenters. The first kappa shape index (κ1) is 19.2. The summed E-state index contributed by atoms with van der Waals surface area (Å²) in [5, 5.41) is 3.19. The van der Waals surface area contributed by atoms with E-state index in [9.17, 15) is 9.59 Å². The monoisotopic (exact) mass is 361 g/mol. The predicted octanol–water partition coefficient (Wildman–Crippen LogP) is 2.54. The second-order valence-corrected chi connectivity index (χ2v) is 6.27. The summed E-state index contributed by atoms with van der Waals surface area (Å²) in [5.74, 6) is 0.441. The molecule has 5 nitrogen and oxygen atoms in total. The lowest BCUT2D eigenvalue weighted by Crippen LogP contribution is -2.42. The minimum absolute atomic E-state index is 0. The van der Waals surface area contributed by atoms with E-state index in [1.54, 1.807) is 17.0 Å². The highest BCUT2D eigenvalue weighted by molar-refractivity contribution is 5.94. The Labute approximate surface area is 153 Å². The number of pyridine rings is 1. The smallest absolute Gasteiger partial charge is 0.261 e. The zero-order chi connectivity index (χ0) is 16.9. The van der Waals surface area contributed by atoms with Gasteiger partial charge in [-0.1, -0.05) is 30.3 Å². The van der Waals surface area contributed by atoms with Gasteiger partial charge in [-0.3, -0.25) is 9.59 Å². The van der Waals surface area contributed by atoms with Crippen LogP contribution in [0.5, 0.6) is 0 Å². The maximum atomic E-state index is 12.6. The van der Waals surface area contributed by atoms with Crippen LogP contribution in [0.3, 0.4) is 0 Å². The van der Waals surface area contributed by atoms with Crippen molar-refractivity contribution in [1.29, 1.82) is 0 Å². The average molecular weight is 362 g/mol. The van der Waals surface area contributed by atoms with Crippen molar-refractivity contribution in [2.24, 2.45) is 5.92 Å². The second-order valence-electron chi connectivity index (χ2n) is 6.27. The third-order valence-electron chi connectivity index (χ3n) is 4.62. The fourth-order valence-corrected chi connectivity index (χ4v) is 3.23. The van der Waals surface area contributed by atoms with E-state index in [4.69, 9.17) is 0 Å². The molecule has 1 aliphatic heterocycles. The highest BCUT2D eigenvalue weighted by atomic mass is 35.5. The number of H-pyrrole nitrogens is 1. The van der Waals surface area contributed by atoms with Gasteiger partial charge < -0.3 is 15.2 Å². The topological polar surface area (TPSA) is 65.2 Å². The van der Waals surface area contributed by atoms with Gasteiger partial charge in [0.1, 0.15) is 5.56 Å². The molecule has 2 heterocycles. The normalized spacial score (nSPS) is 14.8. The Bertz CT molecular complexity index is 753. The molecule has 0 radical (unpaired) electrons. The van der Waals surface area contributed by atoms with Crippen LogP contribution in [0.25, 0.3) is 11.3 Å². The lowest BCUT2D eigenvalue weighted by Gasteiger charge is -2.31. The number of hydrogen-bond donors (Lipinski definition) is 2. The lowest BCUT2D eigenvalue weighted by atomic mass is 9.96. The highest BCUT2D eigenvalue weighted by Crippen LogP contribution is 2.19. The predicted molar refractivity (Wildman–Crippen MR) is 102 cm³/mol. The number of likely N-dealkylation sites (tertiary alicyclic amines) is 1. The quantitative estimate of drug-likeness (QED) is 0.879. The molecule has 1 amide bonds. The first-order chi connectivity index (χ1) is 11.7. The van der Waals surface area contributed by atoms with Gasteiger partial charge in [-0.05, 0) is 50.0 Å². The Balaban J connectivity index is 0.00000225. The highest BCUT2D eigenvalue weighted by Gasteiger charge is 2.24. The van der Waals surface area contributed by atoms with E-state index in [0.29, 0.717) is 19.0 Å². The van der Waals surface area contributed by atoms with E-state index in [1.807, 2.05) is 37.4 Å². The van der Waals surface area contributed by atoms with Crippen molar-refractivity contribution in [1.82, 2.24) is 15.2 Å². The summed E-state index contributed by atoms with van der Waals surface area (Å²) in [7, 11) is 1.95. The zero-order valence-electron chi connectivity index (χ0n) is 14.3. The molecule has 1 aliphatic rings. The SMILES string of the molecule is CNCC1CCN(C(=O)c2ccc(-c3ccccc3)[nH]c2=O)CC1.Cl. The molecule has 25 heavy (non-hydrogen) atoms. The fraction of sp³-hybridized carbons (Fsp3) is 0.368. The van der Waals surface area contributed by atoms with Crippen LogP contribution in [0.1, 0.15) is 23.2 Å². The van der Waals surface area contributed by atoms with Crippen LogP contribution in [0.15, 0.2) is 47.3 Å². The maximum Gasteiger partial charge on any atom is 0.261 e. The van der Waals surface area contributed by atoms with Crippen molar-refractivity contribution in [2.45, 2.75) is 12.8 Å². The van der Waals surface area contributed by atoms with Gasteiger partial charge in [0.15, 0.2) is 0 Å². The first-order valence-electron chi connectivity index (χ1n) is 8.41. The van der Waals surface area contributed by atoms with E-state index in [2.05, 4.69) is 10.3 Å². The summed E-state index contributed by atoms with van der Waals surface area (Å²) < 4.78 is 0. The molecule has 1 aromatic carbocycles. The van der Waals surface area contributed by atoms with Gasteiger partial charge in [-0.2, -0.15) is 0 Å². The molecule has 6 heteroatoms. The molecule has 0 saturated carbocycles. The van der Waals surface area contributed by atoms with Crippen molar-refractivity contribution in [3.63, 3.8) is 0 Å². The van der Waals surface area contributed by atoms with Crippen LogP contribution >= 0.6 is 12.4 Å². The van der Waals surface area contributed by atoms with Crippen molar-refractivity contribution >= 4 is 18.3 Å². The second kappa shape index (κ2) is 8.83. The molecule has 1 aromatic heterocycles. The molecule has 0 unspecified atom stereocenters. The summed E-state index contributed by atoms with van der Waals surface area (Å²) in [6.45, 7) is 2.41. The Morgan fingerprint density at radius 1 is 1.16 bits per heavy atom. The van der Waals surface area contributed by atoms with Crippen LogP contribution in [-0.4, -0.2) is 42.5 Å². The van der Waals surface area contributed by atoms with Crippen molar-refractivity contribution in [2.75, 3.05) is 26.7 Å². The van der Waals surface area contributed by atoms with Gasteiger partial charge in [0, 0.05) is 18.8 Å². The molecule has 134 valence electrons. The molecule has 2 aromatic rings. The van der Waals surface area contributed by atoms with E-state index >= 15 is 0 Å². The molecule has 2 N–H and O–H groups in total. The summed E-state index contributed by atoms with van der Waals surface area (Å²) in [6, 6.07) is 13.1.